The molecule has 3 saturated heterocycles. The molecule has 0 saturated carbocycles. The van der Waals surface area contributed by atoms with E-state index < -0.39 is 89.3 Å². The number of amides is 1. The van der Waals surface area contributed by atoms with E-state index in [9.17, 15) is 24.0 Å². The highest BCUT2D eigenvalue weighted by atomic mass is 16.7. The van der Waals surface area contributed by atoms with Gasteiger partial charge in [-0.1, -0.05) is 27.7 Å². The van der Waals surface area contributed by atoms with Crippen molar-refractivity contribution in [2.24, 2.45) is 29.5 Å². The van der Waals surface area contributed by atoms with Crippen molar-refractivity contribution in [3.05, 3.63) is 0 Å². The standard InChI is InChI=1S/C33H55N3O11/c1-13-23-33(9)27(36(34)31(41)47-33)18(4)24(38)16(2)15-32(8,42-12)28(19(5)25(39)20(6)29(40)45-23)46-30-26(44-21(7)37)22(35(10)11)14-17(3)43-30/h16-20,22-23,26-28,30H,13-15,34H2,1-12H3/t16-,17-,18+,19+,20-,22+,23-,26-,27-,28-,30+,32-,33-/m1/s1. The van der Waals surface area contributed by atoms with E-state index >= 15 is 0 Å². The van der Waals surface area contributed by atoms with Crippen LogP contribution in [0.15, 0.2) is 0 Å². The monoisotopic (exact) mass is 669 g/mol. The van der Waals surface area contributed by atoms with Crippen LogP contribution in [0.3, 0.4) is 0 Å². The Morgan fingerprint density at radius 1 is 1.04 bits per heavy atom. The minimum absolute atomic E-state index is 0.0887. The second kappa shape index (κ2) is 14.9. The normalized spacial score (nSPS) is 42.4. The number of nitrogens with two attached hydrogens (primary N) is 1. The van der Waals surface area contributed by atoms with Crippen molar-refractivity contribution in [3.8, 4) is 0 Å². The largest absolute Gasteiger partial charge is 0.458 e. The van der Waals surface area contributed by atoms with Crippen molar-refractivity contribution >= 4 is 29.6 Å². The molecule has 3 rings (SSSR count). The lowest BCUT2D eigenvalue weighted by Crippen LogP contribution is -2.61. The summed E-state index contributed by atoms with van der Waals surface area (Å²) in [6, 6.07) is -1.24. The third-order valence-electron chi connectivity index (χ3n) is 10.4. The number of nitrogens with zero attached hydrogens (tertiary/aromatic N) is 2. The number of hydrogen-bond acceptors (Lipinski definition) is 13. The maximum absolute atomic E-state index is 14.1. The van der Waals surface area contributed by atoms with Crippen LogP contribution in [0.4, 0.5) is 4.79 Å². The SMILES string of the molecule is CC[C@H]1OC(=O)[C@H](C)C(=O)[C@H](C)[C@@H](O[C@@H]2O[C@H](C)C[C@H](N(C)C)[C@H]2OC(C)=O)[C@](C)(OC)C[C@@H](C)C(=O)[C@H](C)[C@H]2N(N)C(=O)O[C@]12C. The number of carbonyl (C=O) groups excluding carboxylic acids is 5. The van der Waals surface area contributed by atoms with Crippen LogP contribution in [0.1, 0.15) is 81.6 Å². The van der Waals surface area contributed by atoms with Crippen LogP contribution in [0, 0.1) is 23.7 Å². The summed E-state index contributed by atoms with van der Waals surface area (Å²) >= 11 is 0. The molecule has 14 nitrogen and oxygen atoms in total. The zero-order valence-electron chi connectivity index (χ0n) is 29.9. The molecule has 0 aromatic heterocycles. The molecule has 0 aromatic carbocycles. The van der Waals surface area contributed by atoms with E-state index in [0.29, 0.717) is 6.42 Å². The van der Waals surface area contributed by atoms with E-state index in [-0.39, 0.29) is 30.8 Å². The van der Waals surface area contributed by atoms with Gasteiger partial charge in [-0.25, -0.2) is 15.6 Å². The van der Waals surface area contributed by atoms with Gasteiger partial charge in [0.15, 0.2) is 23.8 Å². The molecule has 3 heterocycles. The number of hydrogen-bond donors (Lipinski definition) is 1. The fourth-order valence-corrected chi connectivity index (χ4v) is 7.71. The van der Waals surface area contributed by atoms with E-state index in [0.717, 1.165) is 5.01 Å². The van der Waals surface area contributed by atoms with Crippen LogP contribution in [-0.2, 0) is 47.6 Å². The number of fused-ring (bicyclic) bond motifs is 1. The Hall–Kier alpha value is -2.65. The van der Waals surface area contributed by atoms with Gasteiger partial charge in [-0.2, -0.15) is 0 Å². The third-order valence-corrected chi connectivity index (χ3v) is 10.4. The van der Waals surface area contributed by atoms with Gasteiger partial charge in [0.1, 0.15) is 23.8 Å². The van der Waals surface area contributed by atoms with Crippen molar-refractivity contribution in [3.63, 3.8) is 0 Å². The zero-order chi connectivity index (χ0) is 35.8. The number of methoxy groups -OCH3 is 1. The summed E-state index contributed by atoms with van der Waals surface area (Å²) < 4.78 is 36.3. The Kier molecular flexibility index (Phi) is 12.3. The Morgan fingerprint density at radius 3 is 2.19 bits per heavy atom. The van der Waals surface area contributed by atoms with E-state index in [1.54, 1.807) is 41.5 Å². The first-order valence-corrected chi connectivity index (χ1v) is 16.5. The quantitative estimate of drug-likeness (QED) is 0.144. The lowest BCUT2D eigenvalue weighted by atomic mass is 9.73. The summed E-state index contributed by atoms with van der Waals surface area (Å²) in [6.07, 6.45) is -4.30. The van der Waals surface area contributed by atoms with Gasteiger partial charge in [0.2, 0.25) is 0 Å². The zero-order valence-corrected chi connectivity index (χ0v) is 29.9. The molecule has 14 heteroatoms. The second-order valence-corrected chi connectivity index (χ2v) is 14.2. The van der Waals surface area contributed by atoms with Gasteiger partial charge in [-0.15, -0.1) is 0 Å². The molecule has 3 fully saturated rings. The first-order chi connectivity index (χ1) is 21.7. The second-order valence-electron chi connectivity index (χ2n) is 14.2. The van der Waals surface area contributed by atoms with Gasteiger partial charge in [-0.05, 0) is 61.1 Å². The fraction of sp³-hybridized carbons (Fsp3) is 0.848. The molecular weight excluding hydrogens is 614 g/mol. The molecule has 0 bridgehead atoms. The van der Waals surface area contributed by atoms with Crippen molar-refractivity contribution in [2.45, 2.75) is 136 Å². The number of rotatable bonds is 6. The molecule has 0 aromatic rings. The number of ketones is 2. The maximum atomic E-state index is 14.1. The van der Waals surface area contributed by atoms with Crippen molar-refractivity contribution in [1.82, 2.24) is 9.91 Å². The Labute approximate surface area is 278 Å². The molecule has 268 valence electrons. The first-order valence-electron chi connectivity index (χ1n) is 16.5. The maximum Gasteiger partial charge on any atom is 0.425 e. The van der Waals surface area contributed by atoms with Crippen LogP contribution in [0.25, 0.3) is 0 Å². The number of esters is 2. The molecule has 0 radical (unpaired) electrons. The van der Waals surface area contributed by atoms with E-state index in [1.807, 2.05) is 25.9 Å². The number of likely N-dealkylation sites (N-methyl/N-ethyl adjacent to an activating group) is 1. The van der Waals surface area contributed by atoms with Crippen LogP contribution < -0.4 is 5.84 Å². The minimum atomic E-state index is -1.47. The third kappa shape index (κ3) is 7.66. The summed E-state index contributed by atoms with van der Waals surface area (Å²) in [5.41, 5.74) is -2.76. The molecule has 0 aliphatic carbocycles. The summed E-state index contributed by atoms with van der Waals surface area (Å²) in [5, 5.41) is 0.883. The van der Waals surface area contributed by atoms with Gasteiger partial charge >= 0.3 is 18.0 Å². The molecular formula is C33H55N3O11. The smallest absolute Gasteiger partial charge is 0.425 e. The summed E-state index contributed by atoms with van der Waals surface area (Å²) in [4.78, 5) is 68.8. The Bertz CT molecular complexity index is 1200. The molecule has 47 heavy (non-hydrogen) atoms. The summed E-state index contributed by atoms with van der Waals surface area (Å²) in [7, 11) is 5.19. The molecule has 3 aliphatic heterocycles. The molecule has 0 unspecified atom stereocenters. The number of Topliss-reactive ketones (excluding diaryl/α,β-unsaturated/α-hetero) is 2. The Balaban J connectivity index is 2.15. The van der Waals surface area contributed by atoms with Crippen LogP contribution in [-0.4, -0.2) is 115 Å². The van der Waals surface area contributed by atoms with Crippen LogP contribution in [0.5, 0.6) is 0 Å². The number of hydrazine groups is 1. The van der Waals surface area contributed by atoms with Crippen molar-refractivity contribution in [1.29, 1.82) is 0 Å². The highest BCUT2D eigenvalue weighted by Gasteiger charge is 2.60. The van der Waals surface area contributed by atoms with Crippen molar-refractivity contribution < 1.29 is 52.4 Å². The fourth-order valence-electron chi connectivity index (χ4n) is 7.71. The number of cyclic esters (lactones) is 1. The molecule has 3 aliphatic rings. The van der Waals surface area contributed by atoms with Gasteiger partial charge in [0.05, 0.1) is 23.9 Å². The van der Waals surface area contributed by atoms with Crippen LogP contribution in [0.2, 0.25) is 0 Å². The predicted molar refractivity (Wildman–Crippen MR) is 168 cm³/mol. The lowest BCUT2D eigenvalue weighted by molar-refractivity contribution is -0.298. The molecule has 2 N–H and O–H groups in total. The molecule has 1 amide bonds. The molecule has 13 atom stereocenters. The van der Waals surface area contributed by atoms with Gasteiger partial charge < -0.3 is 33.3 Å². The van der Waals surface area contributed by atoms with Crippen LogP contribution >= 0.6 is 0 Å². The summed E-state index contributed by atoms with van der Waals surface area (Å²) in [5.74, 6) is 0.361. The van der Waals surface area contributed by atoms with Gasteiger partial charge in [-0.3, -0.25) is 19.2 Å². The van der Waals surface area contributed by atoms with Crippen molar-refractivity contribution in [2.75, 3.05) is 21.2 Å². The number of carbonyl (C=O) groups is 5. The Morgan fingerprint density at radius 2 is 1.66 bits per heavy atom. The predicted octanol–water partition coefficient (Wildman–Crippen LogP) is 2.63. The topological polar surface area (TPSA) is 173 Å². The number of ether oxygens (including phenoxy) is 6. The van der Waals surface area contributed by atoms with Gasteiger partial charge in [0.25, 0.3) is 0 Å². The van der Waals surface area contributed by atoms with E-state index in [1.165, 1.54) is 21.0 Å². The summed E-state index contributed by atoms with van der Waals surface area (Å²) in [6.45, 7) is 14.7. The minimum Gasteiger partial charge on any atom is -0.458 e. The van der Waals surface area contributed by atoms with E-state index in [4.69, 9.17) is 34.3 Å². The van der Waals surface area contributed by atoms with E-state index in [2.05, 4.69) is 0 Å². The average Bonchev–Trinajstić information content (AvgIpc) is 3.23. The average molecular weight is 670 g/mol. The highest BCUT2D eigenvalue weighted by molar-refractivity contribution is 6.00. The first kappa shape index (κ1) is 38.8. The highest BCUT2D eigenvalue weighted by Crippen LogP contribution is 2.42. The molecule has 0 spiro atoms. The van der Waals surface area contributed by atoms with Gasteiger partial charge in [0, 0.05) is 31.8 Å². The lowest BCUT2D eigenvalue weighted by Gasteiger charge is -2.47.